The van der Waals surface area contributed by atoms with E-state index in [1.54, 1.807) is 0 Å². The van der Waals surface area contributed by atoms with Crippen molar-refractivity contribution < 1.29 is 29.1 Å². The van der Waals surface area contributed by atoms with E-state index >= 15 is 0 Å². The van der Waals surface area contributed by atoms with Crippen molar-refractivity contribution in [1.29, 1.82) is 0 Å². The summed E-state index contributed by atoms with van der Waals surface area (Å²) in [5.41, 5.74) is 0. The van der Waals surface area contributed by atoms with Crippen LogP contribution in [-0.2, 0) is 29.1 Å². The first kappa shape index (κ1) is 29.5. The zero-order valence-electron chi connectivity index (χ0n) is 10.8. The number of nitrogens with zero attached hydrogens (tertiary/aromatic N) is 1. The molecule has 0 heterocycles. The van der Waals surface area contributed by atoms with Crippen molar-refractivity contribution in [2.45, 2.75) is 53.5 Å². The molecule has 0 rings (SSSR count). The topological polar surface area (TPSA) is 38.5 Å². The number of rotatable bonds is 2. The first-order chi connectivity index (χ1) is 7.04. The first-order valence-corrected chi connectivity index (χ1v) is 4.65. The van der Waals surface area contributed by atoms with E-state index in [0.717, 1.165) is 12.8 Å². The van der Waals surface area contributed by atoms with E-state index in [1.165, 1.54) is 5.92 Å². The molecule has 0 spiro atoms. The van der Waals surface area contributed by atoms with Crippen LogP contribution in [0.15, 0.2) is 0 Å². The Hall–Kier alpha value is -0.547. The van der Waals surface area contributed by atoms with Crippen molar-refractivity contribution in [3.8, 4) is 0 Å². The van der Waals surface area contributed by atoms with Gasteiger partial charge in [-0.2, -0.15) is 20.8 Å². The number of hydrogen-bond acceptors (Lipinski definition) is 2. The molecule has 16 heavy (non-hydrogen) atoms. The maximum atomic E-state index is 7.75. The van der Waals surface area contributed by atoms with Crippen molar-refractivity contribution in [3.63, 3.8) is 0 Å². The van der Waals surface area contributed by atoms with E-state index in [2.05, 4.69) is 46.1 Å². The number of carbonyl (C=O) groups excluding carboxylic acids is 2. The smallest absolute Gasteiger partial charge is 0.545 e. The van der Waals surface area contributed by atoms with Gasteiger partial charge in [0.1, 0.15) is 0 Å². The second kappa shape index (κ2) is 36.6. The molecule has 0 saturated carbocycles. The Bertz CT molecular complexity index is 131. The molecule has 3 nitrogen and oxygen atoms in total. The SMILES string of the molecule is C[C-](C)C.[C-]#[N+]C(C)CCC.[CH-]=O.[CH-]=O.[Ru+4]. The molecular weight excluding hydrogens is 291 g/mol. The van der Waals surface area contributed by atoms with Crippen LogP contribution in [0, 0.1) is 12.5 Å². The summed E-state index contributed by atoms with van der Waals surface area (Å²) in [6, 6.07) is 0.241. The van der Waals surface area contributed by atoms with Gasteiger partial charge in [-0.3, -0.25) is 13.6 Å². The second-order valence-corrected chi connectivity index (χ2v) is 3.27. The average molecular weight is 313 g/mol. The molecule has 0 aliphatic heterocycles. The third kappa shape index (κ3) is 105. The third-order valence-electron chi connectivity index (χ3n) is 0.927. The quantitative estimate of drug-likeness (QED) is 0.446. The van der Waals surface area contributed by atoms with Crippen LogP contribution in [0.25, 0.3) is 4.85 Å². The summed E-state index contributed by atoms with van der Waals surface area (Å²) < 4.78 is 0. The van der Waals surface area contributed by atoms with Gasteiger partial charge in [0, 0.05) is 13.3 Å². The van der Waals surface area contributed by atoms with E-state index in [0.29, 0.717) is 0 Å². The van der Waals surface area contributed by atoms with Gasteiger partial charge in [0.25, 0.3) is 0 Å². The van der Waals surface area contributed by atoms with E-state index in [4.69, 9.17) is 16.2 Å². The summed E-state index contributed by atoms with van der Waals surface area (Å²) in [4.78, 5) is 18.8. The standard InChI is InChI=1S/C6H11N.C4H9.2CHO.Ru/c1-4-5-6(2)7-3;1-4(2)3;2*1-2;/h6H,4-5H2,1-2H3;1-3H3;2*1H;/q;3*-1;+4. The van der Waals surface area contributed by atoms with Crippen LogP contribution >= 0.6 is 0 Å². The van der Waals surface area contributed by atoms with Crippen LogP contribution in [0.5, 0.6) is 0 Å². The molecule has 0 bridgehead atoms. The van der Waals surface area contributed by atoms with E-state index in [1.807, 2.05) is 6.92 Å². The van der Waals surface area contributed by atoms with Gasteiger partial charge in [-0.15, -0.1) is 0 Å². The zero-order chi connectivity index (χ0) is 13.3. The minimum absolute atomic E-state index is 0. The fourth-order valence-corrected chi connectivity index (χ4v) is 0.482. The Morgan fingerprint density at radius 2 is 1.44 bits per heavy atom. The van der Waals surface area contributed by atoms with Gasteiger partial charge in [-0.25, -0.2) is 6.57 Å². The molecule has 0 amide bonds. The first-order valence-electron chi connectivity index (χ1n) is 4.65. The van der Waals surface area contributed by atoms with Crippen molar-refractivity contribution in [2.24, 2.45) is 0 Å². The molecule has 0 radical (unpaired) electrons. The molecule has 0 aromatic carbocycles. The molecule has 0 fully saturated rings. The molecule has 4 heteroatoms. The molecule has 0 aliphatic carbocycles. The molecule has 1 atom stereocenters. The summed E-state index contributed by atoms with van der Waals surface area (Å²) in [6.45, 7) is 23.3. The maximum Gasteiger partial charge on any atom is 4.00 e. The van der Waals surface area contributed by atoms with Gasteiger partial charge in [-0.1, -0.05) is 6.92 Å². The minimum Gasteiger partial charge on any atom is -0.545 e. The van der Waals surface area contributed by atoms with Crippen LogP contribution in [0.1, 0.15) is 47.5 Å². The predicted octanol–water partition coefficient (Wildman–Crippen LogP) is 3.16. The fraction of sp³-hybridized carbons (Fsp3) is 0.667. The van der Waals surface area contributed by atoms with Crippen LogP contribution < -0.4 is 0 Å². The van der Waals surface area contributed by atoms with Gasteiger partial charge in [0.15, 0.2) is 0 Å². The molecule has 1 unspecified atom stereocenters. The summed E-state index contributed by atoms with van der Waals surface area (Å²) >= 11 is 0. The van der Waals surface area contributed by atoms with Gasteiger partial charge >= 0.3 is 19.5 Å². The molecule has 0 aromatic heterocycles. The zero-order valence-corrected chi connectivity index (χ0v) is 12.5. The van der Waals surface area contributed by atoms with E-state index in [-0.39, 0.29) is 25.5 Å². The van der Waals surface area contributed by atoms with E-state index < -0.39 is 0 Å². The molecule has 0 saturated heterocycles. The Morgan fingerprint density at radius 3 is 1.50 bits per heavy atom. The van der Waals surface area contributed by atoms with Gasteiger partial charge in [0.05, 0.1) is 0 Å². The van der Waals surface area contributed by atoms with Crippen LogP contribution in [0.4, 0.5) is 0 Å². The minimum atomic E-state index is 0. The molecule has 0 aromatic rings. The normalized spacial score (nSPS) is 8.31. The Kier molecular flexibility index (Phi) is 67.6. The van der Waals surface area contributed by atoms with Crippen molar-refractivity contribution >= 4 is 13.6 Å². The van der Waals surface area contributed by atoms with Crippen molar-refractivity contribution in [1.82, 2.24) is 0 Å². The van der Waals surface area contributed by atoms with Crippen LogP contribution in [-0.4, -0.2) is 19.6 Å². The molecule has 94 valence electrons. The average Bonchev–Trinajstić information content (AvgIpc) is 2.23. The summed E-state index contributed by atoms with van der Waals surface area (Å²) in [6.07, 6.45) is 2.17. The maximum absolute atomic E-state index is 7.75. The summed E-state index contributed by atoms with van der Waals surface area (Å²) in [5.74, 6) is 1.42. The van der Waals surface area contributed by atoms with Gasteiger partial charge in [-0.05, 0) is 6.42 Å². The Balaban J connectivity index is -0.0000000388. The monoisotopic (exact) mass is 314 g/mol. The van der Waals surface area contributed by atoms with Gasteiger partial charge < -0.3 is 20.4 Å². The summed E-state index contributed by atoms with van der Waals surface area (Å²) in [5, 5.41) is 0. The Labute approximate surface area is 114 Å². The number of hydrogen-bond donors (Lipinski definition) is 0. The third-order valence-corrected chi connectivity index (χ3v) is 0.927. The fourth-order valence-electron chi connectivity index (χ4n) is 0.482. The van der Waals surface area contributed by atoms with Crippen LogP contribution in [0.2, 0.25) is 0 Å². The molecule has 0 N–H and O–H groups in total. The molecule has 0 aliphatic rings. The summed E-state index contributed by atoms with van der Waals surface area (Å²) in [7, 11) is 0. The van der Waals surface area contributed by atoms with Crippen LogP contribution in [0.3, 0.4) is 0 Å². The van der Waals surface area contributed by atoms with Gasteiger partial charge in [0.2, 0.25) is 6.04 Å². The Morgan fingerprint density at radius 1 is 1.19 bits per heavy atom. The largest absolute Gasteiger partial charge is 4.00 e. The molecular formula is C12H22NO2Ru+. The van der Waals surface area contributed by atoms with Crippen molar-refractivity contribution in [2.75, 3.05) is 0 Å². The van der Waals surface area contributed by atoms with Crippen molar-refractivity contribution in [3.05, 3.63) is 17.3 Å². The predicted molar refractivity (Wildman–Crippen MR) is 64.7 cm³/mol. The second-order valence-electron chi connectivity index (χ2n) is 3.27. The van der Waals surface area contributed by atoms with E-state index in [9.17, 15) is 0 Å².